The molecule has 5 heteroatoms. The minimum atomic E-state index is -0.565. The highest BCUT2D eigenvalue weighted by atomic mass is 32.2. The first kappa shape index (κ1) is 9.05. The lowest BCUT2D eigenvalue weighted by Gasteiger charge is -2.17. The Morgan fingerprint density at radius 2 is 2.62 bits per heavy atom. The van der Waals surface area contributed by atoms with Gasteiger partial charge in [-0.1, -0.05) is 0 Å². The molecule has 13 heavy (non-hydrogen) atoms. The summed E-state index contributed by atoms with van der Waals surface area (Å²) < 4.78 is 2.08. The summed E-state index contributed by atoms with van der Waals surface area (Å²) >= 11 is 1.87. The van der Waals surface area contributed by atoms with Crippen molar-refractivity contribution in [2.45, 2.75) is 18.4 Å². The first-order valence-corrected chi connectivity index (χ1v) is 5.48. The number of aliphatic hydroxyl groups is 1. The average Bonchev–Trinajstić information content (AvgIpc) is 2.60. The Balaban J connectivity index is 2.31. The van der Waals surface area contributed by atoms with E-state index in [1.54, 1.807) is 6.20 Å². The molecule has 1 aliphatic rings. The standard InChI is InChI=1S/C8H13N3OS/c9-3-7(12)6-4-10-8-5-13-2-1-11(6)8/h4,7,12H,1-3,5,9H2. The number of hydrogen-bond acceptors (Lipinski definition) is 4. The van der Waals surface area contributed by atoms with Gasteiger partial charge in [-0.3, -0.25) is 0 Å². The summed E-state index contributed by atoms with van der Waals surface area (Å²) in [6.07, 6.45) is 1.17. The number of aromatic nitrogens is 2. The first-order valence-electron chi connectivity index (χ1n) is 4.33. The van der Waals surface area contributed by atoms with Gasteiger partial charge in [0, 0.05) is 18.8 Å². The molecule has 0 spiro atoms. The quantitative estimate of drug-likeness (QED) is 0.710. The van der Waals surface area contributed by atoms with Gasteiger partial charge in [-0.25, -0.2) is 4.98 Å². The molecule has 0 radical (unpaired) electrons. The molecular formula is C8H13N3OS. The van der Waals surface area contributed by atoms with Gasteiger partial charge in [0.1, 0.15) is 11.9 Å². The van der Waals surface area contributed by atoms with E-state index in [0.29, 0.717) is 0 Å². The number of hydrogen-bond donors (Lipinski definition) is 2. The Bertz CT molecular complexity index is 300. The molecule has 1 atom stereocenters. The lowest BCUT2D eigenvalue weighted by molar-refractivity contribution is 0.177. The highest BCUT2D eigenvalue weighted by Crippen LogP contribution is 2.22. The van der Waals surface area contributed by atoms with Gasteiger partial charge in [0.25, 0.3) is 0 Å². The van der Waals surface area contributed by atoms with Gasteiger partial charge in [0.15, 0.2) is 0 Å². The summed E-state index contributed by atoms with van der Waals surface area (Å²) in [7, 11) is 0. The SMILES string of the molecule is NCC(O)c1cnc2n1CCSC2. The van der Waals surface area contributed by atoms with Crippen molar-refractivity contribution < 1.29 is 5.11 Å². The molecule has 72 valence electrons. The van der Waals surface area contributed by atoms with Crippen molar-refractivity contribution >= 4 is 11.8 Å². The largest absolute Gasteiger partial charge is 0.385 e. The van der Waals surface area contributed by atoms with E-state index in [-0.39, 0.29) is 6.54 Å². The molecule has 0 fully saturated rings. The number of rotatable bonds is 2. The second-order valence-electron chi connectivity index (χ2n) is 3.06. The summed E-state index contributed by atoms with van der Waals surface area (Å²) in [5.74, 6) is 3.09. The van der Waals surface area contributed by atoms with E-state index in [1.807, 2.05) is 11.8 Å². The van der Waals surface area contributed by atoms with Crippen LogP contribution in [-0.2, 0) is 12.3 Å². The molecule has 0 bridgehead atoms. The van der Waals surface area contributed by atoms with Crippen molar-refractivity contribution in [3.8, 4) is 0 Å². The topological polar surface area (TPSA) is 64.1 Å². The highest BCUT2D eigenvalue weighted by Gasteiger charge is 2.18. The molecule has 0 saturated carbocycles. The lowest BCUT2D eigenvalue weighted by Crippen LogP contribution is -2.19. The Labute approximate surface area is 81.1 Å². The fourth-order valence-electron chi connectivity index (χ4n) is 1.51. The zero-order valence-corrected chi connectivity index (χ0v) is 8.13. The third kappa shape index (κ3) is 1.59. The first-order chi connectivity index (χ1) is 6.33. The summed E-state index contributed by atoms with van der Waals surface area (Å²) in [5, 5.41) is 9.58. The number of thioether (sulfide) groups is 1. The van der Waals surface area contributed by atoms with Crippen LogP contribution in [0.15, 0.2) is 6.20 Å². The van der Waals surface area contributed by atoms with Gasteiger partial charge >= 0.3 is 0 Å². The van der Waals surface area contributed by atoms with Crippen LogP contribution in [0.4, 0.5) is 0 Å². The van der Waals surface area contributed by atoms with Gasteiger partial charge in [0.2, 0.25) is 0 Å². The van der Waals surface area contributed by atoms with Crippen molar-refractivity contribution in [2.75, 3.05) is 12.3 Å². The fourth-order valence-corrected chi connectivity index (χ4v) is 2.38. The number of nitrogens with two attached hydrogens (primary N) is 1. The normalized spacial score (nSPS) is 18.3. The van der Waals surface area contributed by atoms with Gasteiger partial charge < -0.3 is 15.4 Å². The Morgan fingerprint density at radius 1 is 1.77 bits per heavy atom. The summed E-state index contributed by atoms with van der Waals surface area (Å²) in [4.78, 5) is 4.25. The monoisotopic (exact) mass is 199 g/mol. The maximum absolute atomic E-state index is 9.58. The Morgan fingerprint density at radius 3 is 3.38 bits per heavy atom. The minimum absolute atomic E-state index is 0.262. The number of imidazole rings is 1. The second-order valence-corrected chi connectivity index (χ2v) is 4.16. The predicted octanol–water partition coefficient (Wildman–Crippen LogP) is 0.122. The molecule has 0 aliphatic carbocycles. The molecule has 0 saturated heterocycles. The molecule has 0 aromatic carbocycles. The van der Waals surface area contributed by atoms with E-state index in [1.165, 1.54) is 0 Å². The molecule has 1 aromatic rings. The zero-order valence-electron chi connectivity index (χ0n) is 7.31. The average molecular weight is 199 g/mol. The fraction of sp³-hybridized carbons (Fsp3) is 0.625. The van der Waals surface area contributed by atoms with Crippen LogP contribution in [-0.4, -0.2) is 27.0 Å². The van der Waals surface area contributed by atoms with Crippen LogP contribution in [0.2, 0.25) is 0 Å². The van der Waals surface area contributed by atoms with Crippen molar-refractivity contribution in [3.05, 3.63) is 17.7 Å². The molecule has 0 amide bonds. The third-order valence-corrected chi connectivity index (χ3v) is 3.16. The van der Waals surface area contributed by atoms with E-state index in [2.05, 4.69) is 9.55 Å². The van der Waals surface area contributed by atoms with E-state index in [9.17, 15) is 5.11 Å². The minimum Gasteiger partial charge on any atom is -0.385 e. The van der Waals surface area contributed by atoms with Crippen molar-refractivity contribution in [1.29, 1.82) is 0 Å². The number of fused-ring (bicyclic) bond motifs is 1. The summed E-state index contributed by atoms with van der Waals surface area (Å²) in [6.45, 7) is 1.20. The zero-order chi connectivity index (χ0) is 9.26. The smallest absolute Gasteiger partial charge is 0.118 e. The van der Waals surface area contributed by atoms with Gasteiger partial charge in [-0.05, 0) is 0 Å². The van der Waals surface area contributed by atoms with E-state index >= 15 is 0 Å². The van der Waals surface area contributed by atoms with Crippen LogP contribution in [0.1, 0.15) is 17.6 Å². The van der Waals surface area contributed by atoms with Crippen molar-refractivity contribution in [1.82, 2.24) is 9.55 Å². The molecule has 2 heterocycles. The molecule has 1 aliphatic heterocycles. The van der Waals surface area contributed by atoms with Crippen molar-refractivity contribution in [3.63, 3.8) is 0 Å². The third-order valence-electron chi connectivity index (χ3n) is 2.22. The second kappa shape index (κ2) is 3.69. The summed E-state index contributed by atoms with van der Waals surface area (Å²) in [5.41, 5.74) is 6.26. The van der Waals surface area contributed by atoms with Crippen LogP contribution >= 0.6 is 11.8 Å². The maximum Gasteiger partial charge on any atom is 0.118 e. The predicted molar refractivity (Wildman–Crippen MR) is 52.4 cm³/mol. The number of aliphatic hydroxyl groups excluding tert-OH is 1. The van der Waals surface area contributed by atoms with Crippen molar-refractivity contribution in [2.24, 2.45) is 5.73 Å². The van der Waals surface area contributed by atoms with Crippen LogP contribution in [0.3, 0.4) is 0 Å². The molecule has 1 unspecified atom stereocenters. The van der Waals surface area contributed by atoms with E-state index in [4.69, 9.17) is 5.73 Å². The molecule has 1 aromatic heterocycles. The van der Waals surface area contributed by atoms with Crippen LogP contribution in [0.25, 0.3) is 0 Å². The van der Waals surface area contributed by atoms with Gasteiger partial charge in [-0.15, -0.1) is 0 Å². The number of nitrogens with zero attached hydrogens (tertiary/aromatic N) is 2. The summed E-state index contributed by atoms with van der Waals surface area (Å²) in [6, 6.07) is 0. The molecular weight excluding hydrogens is 186 g/mol. The van der Waals surface area contributed by atoms with Crippen LogP contribution < -0.4 is 5.73 Å². The lowest BCUT2D eigenvalue weighted by atomic mass is 10.2. The van der Waals surface area contributed by atoms with Crippen LogP contribution in [0, 0.1) is 0 Å². The van der Waals surface area contributed by atoms with Crippen LogP contribution in [0.5, 0.6) is 0 Å². The molecule has 3 N–H and O–H groups in total. The van der Waals surface area contributed by atoms with Gasteiger partial charge in [-0.2, -0.15) is 11.8 Å². The molecule has 4 nitrogen and oxygen atoms in total. The van der Waals surface area contributed by atoms with Gasteiger partial charge in [0.05, 0.1) is 17.6 Å². The molecule has 2 rings (SSSR count). The van der Waals surface area contributed by atoms with E-state index in [0.717, 1.165) is 29.6 Å². The van der Waals surface area contributed by atoms with E-state index < -0.39 is 6.10 Å². The maximum atomic E-state index is 9.58. The highest BCUT2D eigenvalue weighted by molar-refractivity contribution is 7.98. The Kier molecular flexibility index (Phi) is 2.57. The Hall–Kier alpha value is -0.520.